The van der Waals surface area contributed by atoms with E-state index in [0.717, 1.165) is 57.0 Å². The van der Waals surface area contributed by atoms with Gasteiger partial charge in [0, 0.05) is 43.6 Å². The molecule has 0 aliphatic carbocycles. The molecule has 1 N–H and O–H groups in total. The van der Waals surface area contributed by atoms with Gasteiger partial charge in [-0.2, -0.15) is 0 Å². The Morgan fingerprint density at radius 1 is 1.30 bits per heavy atom. The lowest BCUT2D eigenvalue weighted by molar-refractivity contribution is 0.0697. The van der Waals surface area contributed by atoms with Gasteiger partial charge in [-0.15, -0.1) is 0 Å². The largest absolute Gasteiger partial charge is 0.478 e. The van der Waals surface area contributed by atoms with Crippen LogP contribution < -0.4 is 4.90 Å². The van der Waals surface area contributed by atoms with Crippen molar-refractivity contribution in [2.45, 2.75) is 38.6 Å². The number of aryl methyl sites for hydroxylation is 2. The fourth-order valence-corrected chi connectivity index (χ4v) is 3.73. The fourth-order valence-electron chi connectivity index (χ4n) is 3.73. The molecule has 0 amide bonds. The third-order valence-electron chi connectivity index (χ3n) is 5.16. The lowest BCUT2D eigenvalue weighted by atomic mass is 9.95. The topological polar surface area (TPSA) is 74.5 Å². The van der Waals surface area contributed by atoms with Crippen LogP contribution >= 0.6 is 0 Å². The molecule has 146 valence electrons. The molecule has 0 aromatic carbocycles. The van der Waals surface area contributed by atoms with Gasteiger partial charge in [-0.3, -0.25) is 0 Å². The first kappa shape index (κ1) is 19.4. The van der Waals surface area contributed by atoms with Gasteiger partial charge in [-0.05, 0) is 59.0 Å². The monoisotopic (exact) mass is 371 g/mol. The highest BCUT2D eigenvalue weighted by Gasteiger charge is 2.27. The molecule has 0 bridgehead atoms. The summed E-state index contributed by atoms with van der Waals surface area (Å²) in [6.07, 6.45) is 6.98. The normalized spacial score (nSPS) is 15.5. The van der Waals surface area contributed by atoms with E-state index < -0.39 is 5.97 Å². The van der Waals surface area contributed by atoms with E-state index >= 15 is 0 Å². The van der Waals surface area contributed by atoms with Gasteiger partial charge in [-0.1, -0.05) is 0 Å². The molecule has 1 saturated heterocycles. The number of rotatable bonds is 7. The van der Waals surface area contributed by atoms with Crippen LogP contribution in [0.3, 0.4) is 0 Å². The van der Waals surface area contributed by atoms with Crippen LogP contribution in [0.1, 0.15) is 47.1 Å². The summed E-state index contributed by atoms with van der Waals surface area (Å²) in [5.74, 6) is 1.24. The Kier molecular flexibility index (Phi) is 6.11. The molecule has 1 aliphatic rings. The minimum absolute atomic E-state index is 0.282. The van der Waals surface area contributed by atoms with Crippen LogP contribution in [0.2, 0.25) is 0 Å². The second kappa shape index (κ2) is 8.52. The second-order valence-electron chi connectivity index (χ2n) is 7.53. The summed E-state index contributed by atoms with van der Waals surface area (Å²) in [5, 5.41) is 9.46. The quantitative estimate of drug-likeness (QED) is 0.806. The van der Waals surface area contributed by atoms with Crippen LogP contribution in [-0.2, 0) is 6.54 Å². The summed E-state index contributed by atoms with van der Waals surface area (Å²) in [6, 6.07) is 3.41. The maximum atomic E-state index is 11.5. The highest BCUT2D eigenvalue weighted by Crippen LogP contribution is 2.30. The Morgan fingerprint density at radius 2 is 2.04 bits per heavy atom. The number of pyridine rings is 1. The van der Waals surface area contributed by atoms with E-state index in [1.54, 1.807) is 12.1 Å². The van der Waals surface area contributed by atoms with Gasteiger partial charge in [0.25, 0.3) is 0 Å². The number of carboxylic acids is 1. The number of aromatic nitrogens is 3. The van der Waals surface area contributed by atoms with Crippen molar-refractivity contribution >= 4 is 11.8 Å². The Labute approximate surface area is 160 Å². The zero-order valence-corrected chi connectivity index (χ0v) is 16.4. The highest BCUT2D eigenvalue weighted by atomic mass is 16.4. The van der Waals surface area contributed by atoms with Gasteiger partial charge in [0.1, 0.15) is 17.2 Å². The zero-order chi connectivity index (χ0) is 19.4. The molecule has 27 heavy (non-hydrogen) atoms. The maximum absolute atomic E-state index is 11.5. The summed E-state index contributed by atoms with van der Waals surface area (Å²) in [6.45, 7) is 5.54. The van der Waals surface area contributed by atoms with Crippen molar-refractivity contribution in [1.29, 1.82) is 0 Å². The van der Waals surface area contributed by atoms with Crippen molar-refractivity contribution in [3.05, 3.63) is 41.6 Å². The number of anilines is 1. The average molecular weight is 371 g/mol. The Bertz CT molecular complexity index is 778. The highest BCUT2D eigenvalue weighted by molar-refractivity contribution is 5.93. The molecule has 2 aromatic rings. The fraction of sp³-hybridized carbons (Fsp3) is 0.550. The van der Waals surface area contributed by atoms with Gasteiger partial charge in [-0.25, -0.2) is 14.8 Å². The average Bonchev–Trinajstić information content (AvgIpc) is 3.09. The third kappa shape index (κ3) is 4.66. The van der Waals surface area contributed by atoms with Crippen LogP contribution in [-0.4, -0.2) is 64.2 Å². The summed E-state index contributed by atoms with van der Waals surface area (Å²) in [4.78, 5) is 25.0. The summed E-state index contributed by atoms with van der Waals surface area (Å²) < 4.78 is 2.28. The molecule has 7 nitrogen and oxygen atoms in total. The second-order valence-corrected chi connectivity index (χ2v) is 7.53. The van der Waals surface area contributed by atoms with Crippen molar-refractivity contribution in [3.63, 3.8) is 0 Å². The first-order valence-electron chi connectivity index (χ1n) is 9.57. The van der Waals surface area contributed by atoms with Gasteiger partial charge in [0.2, 0.25) is 0 Å². The molecule has 0 radical (unpaired) electrons. The molecule has 2 aromatic heterocycles. The van der Waals surface area contributed by atoms with E-state index in [1.807, 2.05) is 13.1 Å². The Morgan fingerprint density at radius 3 is 2.70 bits per heavy atom. The maximum Gasteiger partial charge on any atom is 0.339 e. The van der Waals surface area contributed by atoms with Crippen molar-refractivity contribution in [2.24, 2.45) is 0 Å². The molecule has 3 heterocycles. The van der Waals surface area contributed by atoms with E-state index in [0.29, 0.717) is 11.7 Å². The molecule has 0 atom stereocenters. The van der Waals surface area contributed by atoms with Gasteiger partial charge in [0.05, 0.1) is 0 Å². The number of piperidine rings is 1. The van der Waals surface area contributed by atoms with Gasteiger partial charge >= 0.3 is 5.97 Å². The van der Waals surface area contributed by atoms with Crippen LogP contribution in [0, 0.1) is 6.92 Å². The number of carboxylic acid groups (broad SMARTS) is 1. The first-order valence-corrected chi connectivity index (χ1v) is 9.57. The minimum Gasteiger partial charge on any atom is -0.478 e. The van der Waals surface area contributed by atoms with Crippen molar-refractivity contribution in [3.8, 4) is 0 Å². The van der Waals surface area contributed by atoms with Crippen molar-refractivity contribution in [1.82, 2.24) is 19.4 Å². The molecule has 7 heteroatoms. The van der Waals surface area contributed by atoms with Crippen molar-refractivity contribution in [2.75, 3.05) is 38.6 Å². The van der Waals surface area contributed by atoms with Crippen LogP contribution in [0.5, 0.6) is 0 Å². The smallest absolute Gasteiger partial charge is 0.339 e. The molecule has 1 fully saturated rings. The molecule has 1 aliphatic heterocycles. The lowest BCUT2D eigenvalue weighted by Crippen LogP contribution is -2.35. The number of carbonyl (C=O) groups is 1. The SMILES string of the molecule is Cc1ccc(C(=O)O)c(N2CCC(c3nccn3CCCN(C)C)CC2)n1. The van der Waals surface area contributed by atoms with E-state index in [9.17, 15) is 9.90 Å². The number of imidazole rings is 1. The molecule has 0 saturated carbocycles. The van der Waals surface area contributed by atoms with Gasteiger partial charge in [0.15, 0.2) is 0 Å². The van der Waals surface area contributed by atoms with Crippen LogP contribution in [0.15, 0.2) is 24.5 Å². The molecule has 3 rings (SSSR count). The van der Waals surface area contributed by atoms with Crippen LogP contribution in [0.25, 0.3) is 0 Å². The molecular formula is C20H29N5O2. The number of aromatic carboxylic acids is 1. The Hall–Kier alpha value is -2.41. The minimum atomic E-state index is -0.920. The van der Waals surface area contributed by atoms with E-state index in [2.05, 4.69) is 44.6 Å². The summed E-state index contributed by atoms with van der Waals surface area (Å²) >= 11 is 0. The van der Waals surface area contributed by atoms with Crippen molar-refractivity contribution < 1.29 is 9.90 Å². The zero-order valence-electron chi connectivity index (χ0n) is 16.4. The number of hydrogen-bond donors (Lipinski definition) is 1. The van der Waals surface area contributed by atoms with E-state index in [1.165, 1.54) is 0 Å². The summed E-state index contributed by atoms with van der Waals surface area (Å²) in [5.41, 5.74) is 1.12. The summed E-state index contributed by atoms with van der Waals surface area (Å²) in [7, 11) is 4.19. The number of hydrogen-bond acceptors (Lipinski definition) is 5. The molecule has 0 unspecified atom stereocenters. The predicted octanol–water partition coefficient (Wildman–Crippen LogP) is 2.62. The molecular weight excluding hydrogens is 342 g/mol. The first-order chi connectivity index (χ1) is 13.0. The van der Waals surface area contributed by atoms with Crippen LogP contribution in [0.4, 0.5) is 5.82 Å². The molecule has 0 spiro atoms. The van der Waals surface area contributed by atoms with E-state index in [4.69, 9.17) is 0 Å². The lowest BCUT2D eigenvalue weighted by Gasteiger charge is -2.33. The third-order valence-corrected chi connectivity index (χ3v) is 5.16. The standard InChI is InChI=1S/C20H29N5O2/c1-15-5-6-17(20(26)27)19(22-15)25-12-7-16(8-13-25)18-21-9-14-24(18)11-4-10-23(2)3/h5-6,9,14,16H,4,7-8,10-13H2,1-3H3,(H,26,27). The Balaban J connectivity index is 1.66. The van der Waals surface area contributed by atoms with Gasteiger partial charge < -0.3 is 19.5 Å². The number of nitrogens with zero attached hydrogens (tertiary/aromatic N) is 5. The van der Waals surface area contributed by atoms with E-state index in [-0.39, 0.29) is 5.56 Å². The predicted molar refractivity (Wildman–Crippen MR) is 106 cm³/mol.